The fraction of sp³-hybridized carbons (Fsp3) is 0.576. The molecule has 1 amide bonds. The molecule has 16 nitrogen and oxygen atoms in total. The van der Waals surface area contributed by atoms with Crippen LogP contribution in [0, 0.1) is 0 Å². The van der Waals surface area contributed by atoms with Gasteiger partial charge in [-0.1, -0.05) is 73.7 Å². The zero-order valence-corrected chi connectivity index (χ0v) is 43.5. The smallest absolute Gasteiger partial charge is 0.251 e. The van der Waals surface area contributed by atoms with Crippen molar-refractivity contribution in [1.82, 2.24) is 5.32 Å². The van der Waals surface area contributed by atoms with Crippen LogP contribution in [0.15, 0.2) is 97.1 Å². The Labute approximate surface area is 441 Å². The molecule has 4 aromatic carbocycles. The van der Waals surface area contributed by atoms with Crippen molar-refractivity contribution >= 4 is 5.91 Å². The molecule has 4 heterocycles. The Hall–Kier alpha value is -4.69. The van der Waals surface area contributed by atoms with Gasteiger partial charge in [0.15, 0.2) is 25.2 Å². The number of hydrogen-bond donors (Lipinski definition) is 7. The lowest BCUT2D eigenvalue weighted by Gasteiger charge is -2.38. The van der Waals surface area contributed by atoms with E-state index in [1.165, 1.54) is 0 Å². The van der Waals surface area contributed by atoms with E-state index >= 15 is 0 Å². The number of ether oxygens (including phenoxy) is 8. The number of nitrogens with one attached hydrogen (secondary N) is 1. The van der Waals surface area contributed by atoms with Crippen molar-refractivity contribution in [3.05, 3.63) is 125 Å². The number of nitrogens with two attached hydrogens (primary N) is 1. The number of rotatable bonds is 24. The number of phenols is 3. The summed E-state index contributed by atoms with van der Waals surface area (Å²) in [6.45, 7) is 4.58. The van der Waals surface area contributed by atoms with Crippen molar-refractivity contribution in [2.24, 2.45) is 5.73 Å². The first-order valence-electron chi connectivity index (χ1n) is 27.4. The van der Waals surface area contributed by atoms with Crippen molar-refractivity contribution in [3.63, 3.8) is 0 Å². The maximum atomic E-state index is 13.2. The van der Waals surface area contributed by atoms with E-state index in [2.05, 4.69) is 12.2 Å². The summed E-state index contributed by atoms with van der Waals surface area (Å²) in [7, 11) is 0. The number of carbonyl (C=O) groups excluding carboxylic acids is 1. The van der Waals surface area contributed by atoms with Crippen molar-refractivity contribution in [2.45, 2.75) is 209 Å². The van der Waals surface area contributed by atoms with Crippen LogP contribution in [0.3, 0.4) is 0 Å². The third kappa shape index (κ3) is 16.7. The van der Waals surface area contributed by atoms with E-state index in [0.29, 0.717) is 99.4 Å². The van der Waals surface area contributed by atoms with Gasteiger partial charge in [0.1, 0.15) is 17.2 Å². The van der Waals surface area contributed by atoms with Crippen LogP contribution in [0.5, 0.6) is 17.2 Å². The van der Waals surface area contributed by atoms with Gasteiger partial charge >= 0.3 is 0 Å². The third-order valence-corrected chi connectivity index (χ3v) is 15.0. The molecule has 4 aliphatic rings. The van der Waals surface area contributed by atoms with E-state index in [-0.39, 0.29) is 78.5 Å². The van der Waals surface area contributed by atoms with Crippen LogP contribution in [-0.4, -0.2) is 105 Å². The van der Waals surface area contributed by atoms with E-state index in [1.807, 2.05) is 43.3 Å². The molecule has 4 saturated heterocycles. The average Bonchev–Trinajstić information content (AvgIpc) is 3.40. The molecule has 0 spiro atoms. The summed E-state index contributed by atoms with van der Waals surface area (Å²) in [5.74, 6) is 0.0984. The van der Waals surface area contributed by atoms with Crippen molar-refractivity contribution in [1.29, 1.82) is 0 Å². The van der Waals surface area contributed by atoms with E-state index in [0.717, 1.165) is 37.7 Å². The van der Waals surface area contributed by atoms with Crippen LogP contribution in [-0.2, 0) is 44.4 Å². The number of phenolic OH excluding ortho intramolecular Hbond substituents is 3. The Morgan fingerprint density at radius 3 is 1.47 bits per heavy atom. The average molecular weight is 1040 g/mol. The number of hydrogen-bond acceptors (Lipinski definition) is 15. The summed E-state index contributed by atoms with van der Waals surface area (Å²) >= 11 is 0. The van der Waals surface area contributed by atoms with Gasteiger partial charge < -0.3 is 74.5 Å². The van der Waals surface area contributed by atoms with Gasteiger partial charge in [-0.15, -0.1) is 0 Å². The molecule has 0 aromatic heterocycles. The zero-order valence-electron chi connectivity index (χ0n) is 43.5. The quantitative estimate of drug-likeness (QED) is 0.0347. The maximum Gasteiger partial charge on any atom is 0.251 e. The zero-order chi connectivity index (χ0) is 52.7. The fourth-order valence-corrected chi connectivity index (χ4v) is 10.9. The van der Waals surface area contributed by atoms with Crippen LogP contribution < -0.4 is 11.1 Å². The van der Waals surface area contributed by atoms with Gasteiger partial charge in [-0.05, 0) is 126 Å². The fourth-order valence-electron chi connectivity index (χ4n) is 10.9. The highest BCUT2D eigenvalue weighted by Crippen LogP contribution is 2.40. The standard InChI is InChI=1S/C59H80N2O14/c1-3-42-32-44(72-58(71-42)50-20-5-8-23-53(50)65)18-12-17-43-34-48(70-55(69-43)36-61-56(67)39-27-25-38(35-60)26-28-39)31-41(63)14-11-16-46-33-45(73-59(74-46)51-21-6-9-24-54(51)66)15-10-13-40(62)30-47-29-37(2)68-57(75-47)49-19-4-7-22-52(49)64/h4-9,19-28,37,40-48,55,57-59,62-66H,3,10-18,29-36,60H2,1-2H3,(H,61,67)/t37-,40?,41?,42?,43?,44?,45?,46?,47?,48?,55?,57?,58?,59?/m0/s1. The Balaban J connectivity index is 0.831. The lowest BCUT2D eigenvalue weighted by molar-refractivity contribution is -0.253. The van der Waals surface area contributed by atoms with Crippen molar-refractivity contribution in [2.75, 3.05) is 6.54 Å². The first-order valence-corrected chi connectivity index (χ1v) is 27.4. The maximum absolute atomic E-state index is 13.2. The number of aliphatic hydroxyl groups excluding tert-OH is 2. The highest BCUT2D eigenvalue weighted by Gasteiger charge is 2.37. The highest BCUT2D eigenvalue weighted by molar-refractivity contribution is 5.94. The number of para-hydroxylation sites is 3. The predicted molar refractivity (Wildman–Crippen MR) is 279 cm³/mol. The largest absolute Gasteiger partial charge is 0.507 e. The molecular weight excluding hydrogens is 961 g/mol. The summed E-state index contributed by atoms with van der Waals surface area (Å²) in [5.41, 5.74) is 8.95. The summed E-state index contributed by atoms with van der Waals surface area (Å²) in [6, 6.07) is 28.3. The molecule has 0 aliphatic carbocycles. The van der Waals surface area contributed by atoms with Crippen LogP contribution in [0.1, 0.15) is 168 Å². The molecule has 4 aliphatic heterocycles. The summed E-state index contributed by atoms with van der Waals surface area (Å²) in [6.07, 6.45) is 4.94. The minimum atomic E-state index is -0.770. The van der Waals surface area contributed by atoms with E-state index in [9.17, 15) is 30.3 Å². The molecule has 0 radical (unpaired) electrons. The number of aliphatic hydroxyl groups is 2. The van der Waals surface area contributed by atoms with Crippen LogP contribution in [0.25, 0.3) is 0 Å². The van der Waals surface area contributed by atoms with Gasteiger partial charge in [-0.3, -0.25) is 4.79 Å². The van der Waals surface area contributed by atoms with Crippen molar-refractivity contribution < 1.29 is 68.2 Å². The molecular formula is C59H80N2O14. The number of amides is 1. The van der Waals surface area contributed by atoms with E-state index in [1.54, 1.807) is 60.7 Å². The van der Waals surface area contributed by atoms with Gasteiger partial charge in [0.05, 0.1) is 67.6 Å². The van der Waals surface area contributed by atoms with Gasteiger partial charge in [0.25, 0.3) is 5.91 Å². The number of benzene rings is 4. The monoisotopic (exact) mass is 1040 g/mol. The van der Waals surface area contributed by atoms with Gasteiger partial charge in [0, 0.05) is 48.1 Å². The van der Waals surface area contributed by atoms with Crippen LogP contribution in [0.2, 0.25) is 0 Å². The first kappa shape index (κ1) is 56.5. The normalized spacial score (nSPS) is 29.1. The lowest BCUT2D eigenvalue weighted by Crippen LogP contribution is -2.45. The van der Waals surface area contributed by atoms with Gasteiger partial charge in [-0.2, -0.15) is 0 Å². The Morgan fingerprint density at radius 2 is 0.960 bits per heavy atom. The Bertz CT molecular complexity index is 2360. The molecule has 8 N–H and O–H groups in total. The highest BCUT2D eigenvalue weighted by atomic mass is 16.7. The molecule has 16 heteroatoms. The SMILES string of the molecule is CCC1CC(CCCC2CC(CC(O)CCCC3CC(CCCC(O)CC4C[C@H](C)OC(c5ccccc5O)O4)OC(c4ccccc4O)O3)OC(CNC(=O)c3ccc(CN)cc3)O2)OC(c2ccccc2O)O1. The molecule has 75 heavy (non-hydrogen) atoms. The lowest BCUT2D eigenvalue weighted by atomic mass is 9.94. The topological polar surface area (TPSA) is 230 Å². The Kier molecular flexibility index (Phi) is 21.2. The molecule has 0 bridgehead atoms. The third-order valence-electron chi connectivity index (χ3n) is 15.0. The van der Waals surface area contributed by atoms with E-state index in [4.69, 9.17) is 43.6 Å². The molecule has 13 unspecified atom stereocenters. The molecule has 14 atom stereocenters. The predicted octanol–water partition coefficient (Wildman–Crippen LogP) is 9.55. The minimum absolute atomic E-state index is 0.00282. The van der Waals surface area contributed by atoms with Crippen LogP contribution in [0.4, 0.5) is 0 Å². The summed E-state index contributed by atoms with van der Waals surface area (Å²) < 4.78 is 50.7. The summed E-state index contributed by atoms with van der Waals surface area (Å²) in [5, 5.41) is 57.5. The van der Waals surface area contributed by atoms with Crippen LogP contribution >= 0.6 is 0 Å². The number of aromatic hydroxyl groups is 3. The minimum Gasteiger partial charge on any atom is -0.507 e. The van der Waals surface area contributed by atoms with Crippen molar-refractivity contribution in [3.8, 4) is 17.2 Å². The molecule has 0 saturated carbocycles. The van der Waals surface area contributed by atoms with Gasteiger partial charge in [-0.25, -0.2) is 0 Å². The van der Waals surface area contributed by atoms with E-state index < -0.39 is 37.4 Å². The molecule has 4 fully saturated rings. The Morgan fingerprint density at radius 1 is 0.547 bits per heavy atom. The summed E-state index contributed by atoms with van der Waals surface area (Å²) in [4.78, 5) is 13.2. The molecule has 4 aromatic rings. The second kappa shape index (κ2) is 28.1. The second-order valence-electron chi connectivity index (χ2n) is 20.9. The second-order valence-corrected chi connectivity index (χ2v) is 20.9. The first-order chi connectivity index (χ1) is 36.4. The van der Waals surface area contributed by atoms with Gasteiger partial charge in [0.2, 0.25) is 0 Å². The molecule has 410 valence electrons. The molecule has 8 rings (SSSR count). The number of carbonyl (C=O) groups is 1.